The second-order valence-corrected chi connectivity index (χ2v) is 6.06. The quantitative estimate of drug-likeness (QED) is 0.557. The fourth-order valence-corrected chi connectivity index (χ4v) is 2.82. The molecule has 134 valence electrons. The molecule has 0 saturated heterocycles. The van der Waals surface area contributed by atoms with Gasteiger partial charge in [0.05, 0.1) is 23.9 Å². The van der Waals surface area contributed by atoms with Crippen LogP contribution in [0.4, 0.5) is 0 Å². The lowest BCUT2D eigenvalue weighted by Gasteiger charge is -2.11. The van der Waals surface area contributed by atoms with E-state index in [2.05, 4.69) is 10.3 Å². The van der Waals surface area contributed by atoms with Crippen molar-refractivity contribution >= 4 is 16.8 Å². The van der Waals surface area contributed by atoms with Crippen molar-refractivity contribution in [1.29, 1.82) is 0 Å². The molecule has 0 unspecified atom stereocenters. The highest BCUT2D eigenvalue weighted by atomic mass is 16.5. The molecule has 4 aromatic rings. The number of rotatable bonds is 6. The van der Waals surface area contributed by atoms with Crippen LogP contribution in [0.3, 0.4) is 0 Å². The summed E-state index contributed by atoms with van der Waals surface area (Å²) in [5.41, 5.74) is 2.28. The van der Waals surface area contributed by atoms with Crippen LogP contribution in [0.25, 0.3) is 10.9 Å². The molecule has 0 saturated carbocycles. The summed E-state index contributed by atoms with van der Waals surface area (Å²) in [5.74, 6) is 0.914. The van der Waals surface area contributed by atoms with Crippen molar-refractivity contribution in [2.45, 2.75) is 13.2 Å². The fraction of sp³-hybridized carbons (Fsp3) is 0.0909. The predicted molar refractivity (Wildman–Crippen MR) is 102 cm³/mol. The highest BCUT2D eigenvalue weighted by Gasteiger charge is 2.14. The van der Waals surface area contributed by atoms with Crippen LogP contribution < -0.4 is 10.1 Å². The summed E-state index contributed by atoms with van der Waals surface area (Å²) in [6, 6.07) is 22.7. The van der Waals surface area contributed by atoms with E-state index in [1.54, 1.807) is 18.4 Å². The smallest absolute Gasteiger partial charge is 0.252 e. The summed E-state index contributed by atoms with van der Waals surface area (Å²) >= 11 is 0. The summed E-state index contributed by atoms with van der Waals surface area (Å²) in [6.07, 6.45) is 1.58. The maximum Gasteiger partial charge on any atom is 0.252 e. The molecule has 0 aliphatic rings. The van der Waals surface area contributed by atoms with Crippen LogP contribution >= 0.6 is 0 Å². The maximum absolute atomic E-state index is 12.7. The number of hydrogen-bond donors (Lipinski definition) is 1. The van der Waals surface area contributed by atoms with Gasteiger partial charge in [0.25, 0.3) is 5.91 Å². The van der Waals surface area contributed by atoms with Gasteiger partial charge in [0, 0.05) is 11.5 Å². The molecule has 27 heavy (non-hydrogen) atoms. The monoisotopic (exact) mass is 358 g/mol. The van der Waals surface area contributed by atoms with E-state index in [4.69, 9.17) is 9.15 Å². The molecule has 0 aliphatic carbocycles. The number of hydrogen-bond acceptors (Lipinski definition) is 4. The van der Waals surface area contributed by atoms with Crippen molar-refractivity contribution in [3.8, 4) is 5.88 Å². The van der Waals surface area contributed by atoms with Gasteiger partial charge in [0.15, 0.2) is 0 Å². The third-order valence-electron chi connectivity index (χ3n) is 4.17. The first kappa shape index (κ1) is 16.8. The van der Waals surface area contributed by atoms with Gasteiger partial charge in [0.1, 0.15) is 12.4 Å². The summed E-state index contributed by atoms with van der Waals surface area (Å²) in [4.78, 5) is 17.3. The number of nitrogens with zero attached hydrogens (tertiary/aromatic N) is 1. The van der Waals surface area contributed by atoms with Gasteiger partial charge < -0.3 is 14.5 Å². The molecule has 0 atom stereocenters. The number of nitrogens with one attached hydrogen (secondary N) is 1. The van der Waals surface area contributed by atoms with Gasteiger partial charge in [0.2, 0.25) is 5.88 Å². The molecule has 0 fully saturated rings. The summed E-state index contributed by atoms with van der Waals surface area (Å²) in [7, 11) is 0. The van der Waals surface area contributed by atoms with Crippen LogP contribution in [-0.2, 0) is 13.2 Å². The number of carbonyl (C=O) groups excluding carboxylic acids is 1. The van der Waals surface area contributed by atoms with Crippen LogP contribution in [-0.4, -0.2) is 10.9 Å². The average molecular weight is 358 g/mol. The molecule has 5 nitrogen and oxygen atoms in total. The average Bonchev–Trinajstić information content (AvgIpc) is 3.24. The van der Waals surface area contributed by atoms with Crippen LogP contribution in [0.1, 0.15) is 21.7 Å². The molecule has 0 aliphatic heterocycles. The molecule has 0 bridgehead atoms. The van der Waals surface area contributed by atoms with Crippen LogP contribution in [0.5, 0.6) is 5.88 Å². The van der Waals surface area contributed by atoms with Crippen molar-refractivity contribution < 1.29 is 13.9 Å². The Labute approximate surface area is 156 Å². The number of benzene rings is 2. The zero-order valence-electron chi connectivity index (χ0n) is 14.6. The molecular formula is C22H18N2O3. The highest BCUT2D eigenvalue weighted by molar-refractivity contribution is 6.06. The molecule has 1 amide bonds. The third kappa shape index (κ3) is 3.98. The topological polar surface area (TPSA) is 64.4 Å². The van der Waals surface area contributed by atoms with E-state index in [1.165, 1.54) is 0 Å². The third-order valence-corrected chi connectivity index (χ3v) is 4.17. The minimum Gasteiger partial charge on any atom is -0.473 e. The molecule has 0 radical (unpaired) electrons. The van der Waals surface area contributed by atoms with E-state index in [-0.39, 0.29) is 5.91 Å². The normalized spacial score (nSPS) is 10.7. The van der Waals surface area contributed by atoms with Crippen molar-refractivity contribution in [3.63, 3.8) is 0 Å². The number of ether oxygens (including phenoxy) is 1. The summed E-state index contributed by atoms with van der Waals surface area (Å²) in [6.45, 7) is 0.711. The van der Waals surface area contributed by atoms with Crippen LogP contribution in [0, 0.1) is 0 Å². The second-order valence-electron chi connectivity index (χ2n) is 6.06. The Balaban J connectivity index is 1.59. The maximum atomic E-state index is 12.7. The number of pyridine rings is 1. The number of amides is 1. The van der Waals surface area contributed by atoms with E-state index in [9.17, 15) is 4.79 Å². The van der Waals surface area contributed by atoms with Crippen molar-refractivity contribution in [2.24, 2.45) is 0 Å². The first-order valence-electron chi connectivity index (χ1n) is 8.67. The summed E-state index contributed by atoms with van der Waals surface area (Å²) in [5, 5.41) is 3.66. The lowest BCUT2D eigenvalue weighted by atomic mass is 10.1. The number of furan rings is 1. The fourth-order valence-electron chi connectivity index (χ4n) is 2.82. The summed E-state index contributed by atoms with van der Waals surface area (Å²) < 4.78 is 11.1. The standard InChI is InChI=1S/C22H18N2O3/c25-22(23-14-17-9-6-12-26-17)19-13-21(24-20-11-5-4-10-18(19)20)27-15-16-7-2-1-3-8-16/h1-13H,14-15H2,(H,23,25). The Hall–Kier alpha value is -3.60. The van der Waals surface area contributed by atoms with Crippen molar-refractivity contribution in [2.75, 3.05) is 0 Å². The zero-order chi connectivity index (χ0) is 18.5. The predicted octanol–water partition coefficient (Wildman–Crippen LogP) is 4.34. The first-order valence-corrected chi connectivity index (χ1v) is 8.67. The van der Waals surface area contributed by atoms with E-state index in [0.29, 0.717) is 35.9 Å². The Kier molecular flexibility index (Phi) is 4.83. The molecule has 2 heterocycles. The second kappa shape index (κ2) is 7.74. The number of para-hydroxylation sites is 1. The minimum absolute atomic E-state index is 0.199. The molecule has 0 spiro atoms. The number of carbonyl (C=O) groups is 1. The Bertz CT molecular complexity index is 1040. The van der Waals surface area contributed by atoms with Gasteiger partial charge in [-0.05, 0) is 23.8 Å². The SMILES string of the molecule is O=C(NCc1ccco1)c1cc(OCc2ccccc2)nc2ccccc12. The minimum atomic E-state index is -0.199. The van der Waals surface area contributed by atoms with Gasteiger partial charge >= 0.3 is 0 Å². The van der Waals surface area contributed by atoms with Crippen LogP contribution in [0.2, 0.25) is 0 Å². The molecule has 5 heteroatoms. The van der Waals surface area contributed by atoms with Gasteiger partial charge in [-0.25, -0.2) is 4.98 Å². The van der Waals surface area contributed by atoms with E-state index in [0.717, 1.165) is 10.9 Å². The van der Waals surface area contributed by atoms with Crippen LogP contribution in [0.15, 0.2) is 83.5 Å². The van der Waals surface area contributed by atoms with Crippen molar-refractivity contribution in [1.82, 2.24) is 10.3 Å². The van der Waals surface area contributed by atoms with E-state index < -0.39 is 0 Å². The highest BCUT2D eigenvalue weighted by Crippen LogP contribution is 2.23. The van der Waals surface area contributed by atoms with Crippen molar-refractivity contribution in [3.05, 3.63) is 95.9 Å². The lowest BCUT2D eigenvalue weighted by Crippen LogP contribution is -2.23. The Morgan fingerprint density at radius 3 is 2.63 bits per heavy atom. The molecule has 2 aromatic heterocycles. The molecule has 4 rings (SSSR count). The first-order chi connectivity index (χ1) is 13.3. The van der Waals surface area contributed by atoms with Gasteiger partial charge in [-0.1, -0.05) is 48.5 Å². The molecule has 2 aromatic carbocycles. The molecular weight excluding hydrogens is 340 g/mol. The van der Waals surface area contributed by atoms with E-state index in [1.807, 2.05) is 60.7 Å². The number of fused-ring (bicyclic) bond motifs is 1. The largest absolute Gasteiger partial charge is 0.473 e. The lowest BCUT2D eigenvalue weighted by molar-refractivity contribution is 0.0949. The van der Waals surface area contributed by atoms with Gasteiger partial charge in [-0.15, -0.1) is 0 Å². The van der Waals surface area contributed by atoms with E-state index >= 15 is 0 Å². The van der Waals surface area contributed by atoms with Gasteiger partial charge in [-0.3, -0.25) is 4.79 Å². The molecule has 1 N–H and O–H groups in total. The zero-order valence-corrected chi connectivity index (χ0v) is 14.6. The number of aromatic nitrogens is 1. The Morgan fingerprint density at radius 1 is 1.00 bits per heavy atom. The van der Waals surface area contributed by atoms with Gasteiger partial charge in [-0.2, -0.15) is 0 Å². The Morgan fingerprint density at radius 2 is 1.81 bits per heavy atom.